The zero-order valence-electron chi connectivity index (χ0n) is 12.0. The van der Waals surface area contributed by atoms with Gasteiger partial charge in [-0.25, -0.2) is 4.79 Å². The van der Waals surface area contributed by atoms with E-state index in [4.69, 9.17) is 0 Å². The van der Waals surface area contributed by atoms with Gasteiger partial charge in [-0.3, -0.25) is 14.3 Å². The molecule has 2 aliphatic carbocycles. The average Bonchev–Trinajstić information content (AvgIpc) is 3.20. The highest BCUT2D eigenvalue weighted by Crippen LogP contribution is 2.52. The van der Waals surface area contributed by atoms with E-state index >= 15 is 0 Å². The molecule has 3 unspecified atom stereocenters. The summed E-state index contributed by atoms with van der Waals surface area (Å²) in [6.07, 6.45) is 4.68. The summed E-state index contributed by atoms with van der Waals surface area (Å²) in [6.45, 7) is 0. The molecular formula is C16H17N3O3. The Balaban J connectivity index is 1.45. The van der Waals surface area contributed by atoms with Crippen LogP contribution in [0.25, 0.3) is 11.4 Å². The number of H-pyrrole nitrogens is 1. The lowest BCUT2D eigenvalue weighted by atomic mass is 9.88. The fraction of sp³-hybridized carbons (Fsp3) is 0.438. The van der Waals surface area contributed by atoms with E-state index in [-0.39, 0.29) is 11.8 Å². The largest absolute Gasteiger partial charge is 0.439 e. The van der Waals surface area contributed by atoms with Crippen molar-refractivity contribution < 1.29 is 9.32 Å². The Kier molecular flexibility index (Phi) is 3.10. The van der Waals surface area contributed by atoms with Gasteiger partial charge >= 0.3 is 5.76 Å². The van der Waals surface area contributed by atoms with E-state index in [9.17, 15) is 9.59 Å². The Labute approximate surface area is 126 Å². The molecule has 114 valence electrons. The quantitative estimate of drug-likeness (QED) is 0.911. The summed E-state index contributed by atoms with van der Waals surface area (Å²) in [5.74, 6) is 1.50. The SMILES string of the molecule is O=C(Nc1ccc(-c2noc(=O)[nH]2)cc1)C1CCCC2CC21. The van der Waals surface area contributed by atoms with Gasteiger partial charge in [-0.05, 0) is 48.9 Å². The average molecular weight is 299 g/mol. The summed E-state index contributed by atoms with van der Waals surface area (Å²) < 4.78 is 4.48. The fourth-order valence-corrected chi connectivity index (χ4v) is 3.54. The summed E-state index contributed by atoms with van der Waals surface area (Å²) in [4.78, 5) is 25.8. The highest BCUT2D eigenvalue weighted by atomic mass is 16.5. The van der Waals surface area contributed by atoms with E-state index in [2.05, 4.69) is 20.0 Å². The van der Waals surface area contributed by atoms with E-state index in [0.29, 0.717) is 11.7 Å². The molecule has 0 radical (unpaired) electrons. The Morgan fingerprint density at radius 2 is 2.09 bits per heavy atom. The van der Waals surface area contributed by atoms with Gasteiger partial charge in [-0.1, -0.05) is 18.0 Å². The summed E-state index contributed by atoms with van der Waals surface area (Å²) in [5, 5.41) is 6.63. The van der Waals surface area contributed by atoms with Crippen LogP contribution in [0.5, 0.6) is 0 Å². The van der Waals surface area contributed by atoms with Crippen molar-refractivity contribution in [1.29, 1.82) is 0 Å². The topological polar surface area (TPSA) is 88.0 Å². The number of aromatic amines is 1. The van der Waals surface area contributed by atoms with Crippen molar-refractivity contribution in [2.24, 2.45) is 17.8 Å². The van der Waals surface area contributed by atoms with Gasteiger partial charge in [0, 0.05) is 17.2 Å². The number of aromatic nitrogens is 2. The Bertz CT molecular complexity index is 746. The summed E-state index contributed by atoms with van der Waals surface area (Å²) in [5.41, 5.74) is 1.51. The van der Waals surface area contributed by atoms with Gasteiger partial charge in [0.2, 0.25) is 5.91 Å². The highest BCUT2D eigenvalue weighted by Gasteiger charge is 2.47. The van der Waals surface area contributed by atoms with Crippen molar-refractivity contribution in [3.05, 3.63) is 34.8 Å². The molecule has 0 aliphatic heterocycles. The first-order valence-corrected chi connectivity index (χ1v) is 7.68. The summed E-state index contributed by atoms with van der Waals surface area (Å²) >= 11 is 0. The first kappa shape index (κ1) is 13.3. The second-order valence-corrected chi connectivity index (χ2v) is 6.21. The van der Waals surface area contributed by atoms with Gasteiger partial charge in [0.05, 0.1) is 0 Å². The van der Waals surface area contributed by atoms with E-state index in [1.807, 2.05) is 12.1 Å². The van der Waals surface area contributed by atoms with Crippen molar-refractivity contribution in [3.8, 4) is 11.4 Å². The van der Waals surface area contributed by atoms with Crippen molar-refractivity contribution in [3.63, 3.8) is 0 Å². The molecule has 0 spiro atoms. The Morgan fingerprint density at radius 1 is 1.27 bits per heavy atom. The summed E-state index contributed by atoms with van der Waals surface area (Å²) in [7, 11) is 0. The van der Waals surface area contributed by atoms with Crippen molar-refractivity contribution in [2.75, 3.05) is 5.32 Å². The lowest BCUT2D eigenvalue weighted by Crippen LogP contribution is -2.26. The van der Waals surface area contributed by atoms with Crippen molar-refractivity contribution in [1.82, 2.24) is 10.1 Å². The minimum Gasteiger partial charge on any atom is -0.326 e. The number of carbonyl (C=O) groups excluding carboxylic acids is 1. The van der Waals surface area contributed by atoms with Crippen LogP contribution in [0.4, 0.5) is 5.69 Å². The third-order valence-electron chi connectivity index (χ3n) is 4.79. The van der Waals surface area contributed by atoms with Gasteiger partial charge in [0.15, 0.2) is 5.82 Å². The normalized spacial score (nSPS) is 26.3. The molecule has 1 amide bonds. The number of nitrogens with zero attached hydrogens (tertiary/aromatic N) is 1. The van der Waals surface area contributed by atoms with Gasteiger partial charge in [-0.15, -0.1) is 0 Å². The standard InChI is InChI=1S/C16H17N3O3/c20-15(12-3-1-2-10-8-13(10)12)17-11-6-4-9(5-7-11)14-18-16(21)22-19-14/h4-7,10,12-13H,1-3,8H2,(H,17,20)(H,18,19,21). The number of rotatable bonds is 3. The van der Waals surface area contributed by atoms with E-state index in [1.54, 1.807) is 12.1 Å². The van der Waals surface area contributed by atoms with Crippen molar-refractivity contribution >= 4 is 11.6 Å². The number of amides is 1. The van der Waals surface area contributed by atoms with Crippen LogP contribution in [0.2, 0.25) is 0 Å². The molecule has 4 rings (SSSR count). The molecule has 2 aliphatic rings. The van der Waals surface area contributed by atoms with Gasteiger partial charge in [-0.2, -0.15) is 0 Å². The predicted molar refractivity (Wildman–Crippen MR) is 80.1 cm³/mol. The number of benzene rings is 1. The van der Waals surface area contributed by atoms with Crippen LogP contribution in [0.15, 0.2) is 33.6 Å². The summed E-state index contributed by atoms with van der Waals surface area (Å²) in [6, 6.07) is 7.22. The molecule has 6 nitrogen and oxygen atoms in total. The third-order valence-corrected chi connectivity index (χ3v) is 4.79. The molecule has 1 heterocycles. The van der Waals surface area contributed by atoms with Crippen LogP contribution in [0, 0.1) is 17.8 Å². The molecule has 2 fully saturated rings. The van der Waals surface area contributed by atoms with E-state index < -0.39 is 5.76 Å². The molecule has 0 bridgehead atoms. The molecule has 0 saturated heterocycles. The lowest BCUT2D eigenvalue weighted by Gasteiger charge is -2.20. The molecule has 1 aromatic heterocycles. The highest BCUT2D eigenvalue weighted by molar-refractivity contribution is 5.93. The number of fused-ring (bicyclic) bond motifs is 1. The first-order valence-electron chi connectivity index (χ1n) is 7.68. The first-order chi connectivity index (χ1) is 10.7. The molecule has 22 heavy (non-hydrogen) atoms. The predicted octanol–water partition coefficient (Wildman–Crippen LogP) is 2.40. The van der Waals surface area contributed by atoms with Crippen LogP contribution >= 0.6 is 0 Å². The molecule has 6 heteroatoms. The molecule has 2 saturated carbocycles. The number of anilines is 1. The van der Waals surface area contributed by atoms with Crippen LogP contribution in [-0.2, 0) is 4.79 Å². The number of carbonyl (C=O) groups is 1. The zero-order chi connectivity index (χ0) is 15.1. The third kappa shape index (κ3) is 2.45. The fourth-order valence-electron chi connectivity index (χ4n) is 3.54. The second-order valence-electron chi connectivity index (χ2n) is 6.21. The maximum absolute atomic E-state index is 12.4. The van der Waals surface area contributed by atoms with Gasteiger partial charge in [0.1, 0.15) is 0 Å². The van der Waals surface area contributed by atoms with Crippen LogP contribution in [0.1, 0.15) is 25.7 Å². The second kappa shape index (κ2) is 5.12. The van der Waals surface area contributed by atoms with Crippen LogP contribution < -0.4 is 11.1 Å². The van der Waals surface area contributed by atoms with E-state index in [0.717, 1.165) is 30.0 Å². The zero-order valence-corrected chi connectivity index (χ0v) is 12.0. The maximum atomic E-state index is 12.4. The van der Waals surface area contributed by atoms with Gasteiger partial charge in [0.25, 0.3) is 0 Å². The van der Waals surface area contributed by atoms with Gasteiger partial charge < -0.3 is 5.32 Å². The molecule has 1 aromatic carbocycles. The minimum atomic E-state index is -0.580. The molecular weight excluding hydrogens is 282 g/mol. The molecule has 3 atom stereocenters. The lowest BCUT2D eigenvalue weighted by molar-refractivity contribution is -0.121. The monoisotopic (exact) mass is 299 g/mol. The molecule has 2 N–H and O–H groups in total. The minimum absolute atomic E-state index is 0.134. The Morgan fingerprint density at radius 3 is 2.82 bits per heavy atom. The van der Waals surface area contributed by atoms with Crippen molar-refractivity contribution in [2.45, 2.75) is 25.7 Å². The van der Waals surface area contributed by atoms with E-state index in [1.165, 1.54) is 12.8 Å². The van der Waals surface area contributed by atoms with Crippen LogP contribution in [-0.4, -0.2) is 16.0 Å². The van der Waals surface area contributed by atoms with Crippen LogP contribution in [0.3, 0.4) is 0 Å². The number of hydrogen-bond donors (Lipinski definition) is 2. The molecule has 2 aromatic rings. The Hall–Kier alpha value is -2.37. The maximum Gasteiger partial charge on any atom is 0.439 e. The number of hydrogen-bond acceptors (Lipinski definition) is 4. The smallest absolute Gasteiger partial charge is 0.326 e. The number of nitrogens with one attached hydrogen (secondary N) is 2.